The maximum atomic E-state index is 11.9. The van der Waals surface area contributed by atoms with Crippen LogP contribution in [0.5, 0.6) is 11.5 Å². The minimum atomic E-state index is -3.50. The van der Waals surface area contributed by atoms with Crippen LogP contribution in [0.2, 0.25) is 0 Å². The number of rotatable bonds is 5. The molecule has 7 heteroatoms. The fraction of sp³-hybridized carbons (Fsp3) is 0.400. The minimum Gasteiger partial charge on any atom is -0.454 e. The molecule has 1 aliphatic heterocycles. The van der Waals surface area contributed by atoms with Crippen molar-refractivity contribution < 1.29 is 17.9 Å². The fourth-order valence-corrected chi connectivity index (χ4v) is 2.53. The zero-order chi connectivity index (χ0) is 12.3. The van der Waals surface area contributed by atoms with Crippen molar-refractivity contribution >= 4 is 10.0 Å². The van der Waals surface area contributed by atoms with Crippen LogP contribution >= 0.6 is 0 Å². The second-order valence-corrected chi connectivity index (χ2v) is 5.32. The van der Waals surface area contributed by atoms with Crippen molar-refractivity contribution in [2.75, 3.05) is 19.9 Å². The van der Waals surface area contributed by atoms with Gasteiger partial charge in [-0.15, -0.1) is 0 Å². The van der Waals surface area contributed by atoms with E-state index in [-0.39, 0.29) is 11.7 Å². The smallest absolute Gasteiger partial charge is 0.240 e. The van der Waals surface area contributed by atoms with Crippen LogP contribution in [-0.2, 0) is 10.0 Å². The molecule has 17 heavy (non-hydrogen) atoms. The van der Waals surface area contributed by atoms with E-state index in [1.54, 1.807) is 6.07 Å². The highest BCUT2D eigenvalue weighted by Gasteiger charge is 2.19. The lowest BCUT2D eigenvalue weighted by Crippen LogP contribution is -2.26. The summed E-state index contributed by atoms with van der Waals surface area (Å²) in [5.74, 6) is 1.01. The molecule has 1 aromatic carbocycles. The molecule has 2 rings (SSSR count). The Labute approximate surface area is 99.8 Å². The molecule has 0 radical (unpaired) electrons. The summed E-state index contributed by atoms with van der Waals surface area (Å²) in [4.78, 5) is 0.166. The highest BCUT2D eigenvalue weighted by atomic mass is 32.2. The minimum absolute atomic E-state index is 0.124. The Hall–Kier alpha value is -1.31. The molecule has 6 nitrogen and oxygen atoms in total. The highest BCUT2D eigenvalue weighted by Crippen LogP contribution is 2.33. The van der Waals surface area contributed by atoms with Crippen LogP contribution in [0, 0.1) is 0 Å². The Morgan fingerprint density at radius 1 is 1.29 bits per heavy atom. The van der Waals surface area contributed by atoms with E-state index in [4.69, 9.17) is 15.2 Å². The molecule has 0 bridgehead atoms. The standard InChI is InChI=1S/C10H14N2O4S/c11-4-1-5-12-17(13,14)8-2-3-9-10(6-8)16-7-15-9/h2-3,6,12H,1,4-5,7,11H2. The number of sulfonamides is 1. The van der Waals surface area contributed by atoms with Crippen LogP contribution in [0.25, 0.3) is 0 Å². The molecular formula is C10H14N2O4S. The Morgan fingerprint density at radius 2 is 2.06 bits per heavy atom. The molecule has 1 aliphatic rings. The first-order valence-corrected chi connectivity index (χ1v) is 6.71. The van der Waals surface area contributed by atoms with Crippen molar-refractivity contribution in [2.45, 2.75) is 11.3 Å². The largest absolute Gasteiger partial charge is 0.454 e. The van der Waals surface area contributed by atoms with E-state index in [1.165, 1.54) is 12.1 Å². The van der Waals surface area contributed by atoms with Gasteiger partial charge >= 0.3 is 0 Å². The van der Waals surface area contributed by atoms with Crippen LogP contribution in [0.4, 0.5) is 0 Å². The summed E-state index contributed by atoms with van der Waals surface area (Å²) in [6.07, 6.45) is 0.601. The van der Waals surface area contributed by atoms with E-state index in [9.17, 15) is 8.42 Å². The number of hydrogen-bond donors (Lipinski definition) is 2. The third-order valence-electron chi connectivity index (χ3n) is 2.33. The molecule has 0 unspecified atom stereocenters. The number of benzene rings is 1. The van der Waals surface area contributed by atoms with Gasteiger partial charge in [-0.2, -0.15) is 0 Å². The van der Waals surface area contributed by atoms with Gasteiger partial charge in [0.1, 0.15) is 0 Å². The Kier molecular flexibility index (Phi) is 3.51. The van der Waals surface area contributed by atoms with Gasteiger partial charge in [0.2, 0.25) is 16.8 Å². The molecule has 0 fully saturated rings. The predicted octanol–water partition coefficient (Wildman–Crippen LogP) is 0.0424. The molecule has 0 aromatic heterocycles. The highest BCUT2D eigenvalue weighted by molar-refractivity contribution is 7.89. The van der Waals surface area contributed by atoms with Crippen molar-refractivity contribution in [3.8, 4) is 11.5 Å². The SMILES string of the molecule is NCCCNS(=O)(=O)c1ccc2c(c1)OCO2. The molecule has 94 valence electrons. The first kappa shape index (κ1) is 12.2. The summed E-state index contributed by atoms with van der Waals surface area (Å²) in [5, 5.41) is 0. The summed E-state index contributed by atoms with van der Waals surface area (Å²) in [7, 11) is -3.50. The molecule has 0 atom stereocenters. The van der Waals surface area contributed by atoms with E-state index in [1.807, 2.05) is 0 Å². The van der Waals surface area contributed by atoms with Crippen molar-refractivity contribution in [3.05, 3.63) is 18.2 Å². The van der Waals surface area contributed by atoms with E-state index in [0.29, 0.717) is 31.0 Å². The average molecular weight is 258 g/mol. The lowest BCUT2D eigenvalue weighted by atomic mass is 10.3. The third-order valence-corrected chi connectivity index (χ3v) is 3.79. The van der Waals surface area contributed by atoms with Crippen molar-refractivity contribution in [1.29, 1.82) is 0 Å². The summed E-state index contributed by atoms with van der Waals surface area (Å²) in [6, 6.07) is 4.52. The number of ether oxygens (including phenoxy) is 2. The average Bonchev–Trinajstić information content (AvgIpc) is 2.76. The van der Waals surface area contributed by atoms with Crippen molar-refractivity contribution in [1.82, 2.24) is 4.72 Å². The summed E-state index contributed by atoms with van der Waals surface area (Å²) in [6.45, 7) is 0.899. The Balaban J connectivity index is 2.16. The van der Waals surface area contributed by atoms with Crippen LogP contribution < -0.4 is 19.9 Å². The summed E-state index contributed by atoms with van der Waals surface area (Å²) >= 11 is 0. The van der Waals surface area contributed by atoms with Gasteiger partial charge in [0, 0.05) is 12.6 Å². The van der Waals surface area contributed by atoms with Crippen LogP contribution in [0.15, 0.2) is 23.1 Å². The lowest BCUT2D eigenvalue weighted by molar-refractivity contribution is 0.174. The molecule has 1 aromatic rings. The first-order valence-electron chi connectivity index (χ1n) is 5.23. The lowest BCUT2D eigenvalue weighted by Gasteiger charge is -2.06. The number of nitrogens with one attached hydrogen (secondary N) is 1. The normalized spacial score (nSPS) is 13.9. The van der Waals surface area contributed by atoms with Crippen LogP contribution in [-0.4, -0.2) is 28.3 Å². The van der Waals surface area contributed by atoms with Gasteiger partial charge in [-0.05, 0) is 25.1 Å². The van der Waals surface area contributed by atoms with E-state index in [2.05, 4.69) is 4.72 Å². The van der Waals surface area contributed by atoms with Gasteiger partial charge in [0.25, 0.3) is 0 Å². The summed E-state index contributed by atoms with van der Waals surface area (Å²) in [5.41, 5.74) is 5.30. The maximum absolute atomic E-state index is 11.9. The van der Waals surface area contributed by atoms with Gasteiger partial charge < -0.3 is 15.2 Å². The number of hydrogen-bond acceptors (Lipinski definition) is 5. The quantitative estimate of drug-likeness (QED) is 0.728. The first-order chi connectivity index (χ1) is 8.13. The molecule has 1 heterocycles. The topological polar surface area (TPSA) is 90.7 Å². The van der Waals surface area contributed by atoms with Crippen LogP contribution in [0.1, 0.15) is 6.42 Å². The third kappa shape index (κ3) is 2.68. The Morgan fingerprint density at radius 3 is 2.82 bits per heavy atom. The second-order valence-electron chi connectivity index (χ2n) is 3.56. The number of fused-ring (bicyclic) bond motifs is 1. The Bertz CT molecular complexity index is 501. The van der Waals surface area contributed by atoms with Gasteiger partial charge in [-0.25, -0.2) is 13.1 Å². The molecular weight excluding hydrogens is 244 g/mol. The molecule has 0 saturated heterocycles. The number of nitrogens with two attached hydrogens (primary N) is 1. The molecule has 0 saturated carbocycles. The monoisotopic (exact) mass is 258 g/mol. The van der Waals surface area contributed by atoms with Gasteiger partial charge in [0.15, 0.2) is 11.5 Å². The van der Waals surface area contributed by atoms with Crippen LogP contribution in [0.3, 0.4) is 0 Å². The van der Waals surface area contributed by atoms with Crippen molar-refractivity contribution in [2.24, 2.45) is 5.73 Å². The maximum Gasteiger partial charge on any atom is 0.240 e. The van der Waals surface area contributed by atoms with Gasteiger partial charge in [-0.1, -0.05) is 0 Å². The predicted molar refractivity (Wildman–Crippen MR) is 61.4 cm³/mol. The fourth-order valence-electron chi connectivity index (χ4n) is 1.44. The van der Waals surface area contributed by atoms with Gasteiger partial charge in [0.05, 0.1) is 4.90 Å². The zero-order valence-electron chi connectivity index (χ0n) is 9.18. The van der Waals surface area contributed by atoms with E-state index < -0.39 is 10.0 Å². The molecule has 3 N–H and O–H groups in total. The summed E-state index contributed by atoms with van der Waals surface area (Å²) < 4.78 is 36.4. The molecule has 0 spiro atoms. The van der Waals surface area contributed by atoms with E-state index >= 15 is 0 Å². The van der Waals surface area contributed by atoms with E-state index in [0.717, 1.165) is 0 Å². The molecule has 0 amide bonds. The van der Waals surface area contributed by atoms with Gasteiger partial charge in [-0.3, -0.25) is 0 Å². The second kappa shape index (κ2) is 4.91. The molecule has 0 aliphatic carbocycles. The zero-order valence-corrected chi connectivity index (χ0v) is 10.00. The van der Waals surface area contributed by atoms with Crippen molar-refractivity contribution in [3.63, 3.8) is 0 Å².